The van der Waals surface area contributed by atoms with Crippen molar-refractivity contribution in [2.75, 3.05) is 13.1 Å². The summed E-state index contributed by atoms with van der Waals surface area (Å²) in [6.45, 7) is 2.04. The van der Waals surface area contributed by atoms with Crippen LogP contribution in [0.4, 0.5) is 4.79 Å². The molecule has 0 saturated heterocycles. The van der Waals surface area contributed by atoms with Crippen molar-refractivity contribution < 1.29 is 28.3 Å². The van der Waals surface area contributed by atoms with Gasteiger partial charge in [-0.05, 0) is 19.1 Å². The standard InChI is InChI=1S/C19H21N3O6/c1-2-20-19(26)22-18(25)16(13-7-4-3-5-8-13)28-15(23)10-11-21-17(24)14-9-6-12-27-14/h3-9,12,16H,2,10-11H2,1H3,(H,21,24)(H2,20,22,25,26)/t16-/m0/s1. The van der Waals surface area contributed by atoms with Gasteiger partial charge in [0.05, 0.1) is 12.7 Å². The lowest BCUT2D eigenvalue weighted by Crippen LogP contribution is -2.42. The lowest BCUT2D eigenvalue weighted by molar-refractivity contribution is -0.156. The Bertz CT molecular complexity index is 804. The maximum absolute atomic E-state index is 12.4. The van der Waals surface area contributed by atoms with Crippen molar-refractivity contribution in [3.8, 4) is 0 Å². The van der Waals surface area contributed by atoms with E-state index in [1.54, 1.807) is 43.3 Å². The minimum atomic E-state index is -1.29. The summed E-state index contributed by atoms with van der Waals surface area (Å²) in [6.07, 6.45) is -0.0948. The number of hydrogen-bond donors (Lipinski definition) is 3. The Kier molecular flexibility index (Phi) is 7.77. The molecule has 1 aromatic carbocycles. The van der Waals surface area contributed by atoms with E-state index in [1.807, 2.05) is 0 Å². The third-order valence-corrected chi connectivity index (χ3v) is 3.52. The van der Waals surface area contributed by atoms with Crippen molar-refractivity contribution in [3.63, 3.8) is 0 Å². The fraction of sp³-hybridized carbons (Fsp3) is 0.263. The summed E-state index contributed by atoms with van der Waals surface area (Å²) in [6, 6.07) is 10.7. The third kappa shape index (κ3) is 6.27. The first-order valence-electron chi connectivity index (χ1n) is 8.66. The van der Waals surface area contributed by atoms with E-state index in [-0.39, 0.29) is 18.7 Å². The molecule has 1 atom stereocenters. The smallest absolute Gasteiger partial charge is 0.321 e. The van der Waals surface area contributed by atoms with Crippen molar-refractivity contribution in [1.29, 1.82) is 0 Å². The predicted molar refractivity (Wildman–Crippen MR) is 98.1 cm³/mol. The molecule has 1 heterocycles. The number of hydrogen-bond acceptors (Lipinski definition) is 6. The molecule has 0 fully saturated rings. The minimum Gasteiger partial charge on any atom is -0.459 e. The SMILES string of the molecule is CCNC(=O)NC(=O)[C@@H](OC(=O)CCNC(=O)c1ccco1)c1ccccc1. The molecule has 9 heteroatoms. The Morgan fingerprint density at radius 2 is 1.79 bits per heavy atom. The first-order valence-corrected chi connectivity index (χ1v) is 8.66. The van der Waals surface area contributed by atoms with E-state index in [0.29, 0.717) is 12.1 Å². The number of carbonyl (C=O) groups excluding carboxylic acids is 4. The first kappa shape index (κ1) is 20.7. The molecule has 2 rings (SSSR count). The van der Waals surface area contributed by atoms with Crippen molar-refractivity contribution >= 4 is 23.8 Å². The quantitative estimate of drug-likeness (QED) is 0.590. The van der Waals surface area contributed by atoms with Gasteiger partial charge in [-0.2, -0.15) is 0 Å². The lowest BCUT2D eigenvalue weighted by atomic mass is 10.1. The lowest BCUT2D eigenvalue weighted by Gasteiger charge is -2.17. The van der Waals surface area contributed by atoms with Crippen molar-refractivity contribution in [2.45, 2.75) is 19.4 Å². The Morgan fingerprint density at radius 3 is 2.43 bits per heavy atom. The molecule has 0 aliphatic rings. The van der Waals surface area contributed by atoms with Gasteiger partial charge in [0.15, 0.2) is 5.76 Å². The monoisotopic (exact) mass is 387 g/mol. The molecular weight excluding hydrogens is 366 g/mol. The molecule has 3 N–H and O–H groups in total. The maximum atomic E-state index is 12.4. The fourth-order valence-corrected chi connectivity index (χ4v) is 2.25. The topological polar surface area (TPSA) is 127 Å². The van der Waals surface area contributed by atoms with Crippen molar-refractivity contribution in [3.05, 3.63) is 60.1 Å². The van der Waals surface area contributed by atoms with Gasteiger partial charge in [0.2, 0.25) is 6.10 Å². The van der Waals surface area contributed by atoms with Crippen LogP contribution >= 0.6 is 0 Å². The van der Waals surface area contributed by atoms with Gasteiger partial charge in [-0.3, -0.25) is 19.7 Å². The van der Waals surface area contributed by atoms with Crippen LogP contribution in [0.5, 0.6) is 0 Å². The fourth-order valence-electron chi connectivity index (χ4n) is 2.25. The highest BCUT2D eigenvalue weighted by Gasteiger charge is 2.26. The number of urea groups is 1. The number of benzene rings is 1. The maximum Gasteiger partial charge on any atom is 0.321 e. The first-order chi connectivity index (χ1) is 13.5. The molecule has 9 nitrogen and oxygen atoms in total. The summed E-state index contributed by atoms with van der Waals surface area (Å²) in [5.74, 6) is -1.83. The van der Waals surface area contributed by atoms with Crippen molar-refractivity contribution in [1.82, 2.24) is 16.0 Å². The summed E-state index contributed by atoms with van der Waals surface area (Å²) in [4.78, 5) is 47.9. The molecule has 0 unspecified atom stereocenters. The van der Waals surface area contributed by atoms with E-state index in [1.165, 1.54) is 12.3 Å². The third-order valence-electron chi connectivity index (χ3n) is 3.52. The molecule has 148 valence electrons. The van der Waals surface area contributed by atoms with Gasteiger partial charge in [0.25, 0.3) is 11.8 Å². The largest absolute Gasteiger partial charge is 0.459 e. The average molecular weight is 387 g/mol. The highest BCUT2D eigenvalue weighted by Crippen LogP contribution is 2.18. The number of imide groups is 1. The number of furan rings is 1. The highest BCUT2D eigenvalue weighted by atomic mass is 16.5. The zero-order chi connectivity index (χ0) is 20.4. The van der Waals surface area contributed by atoms with Crippen LogP contribution in [0.3, 0.4) is 0 Å². The van der Waals surface area contributed by atoms with Gasteiger partial charge in [-0.1, -0.05) is 30.3 Å². The summed E-state index contributed by atoms with van der Waals surface area (Å²) in [5.41, 5.74) is 0.414. The van der Waals surface area contributed by atoms with Gasteiger partial charge >= 0.3 is 12.0 Å². The summed E-state index contributed by atoms with van der Waals surface area (Å²) in [7, 11) is 0. The van der Waals surface area contributed by atoms with Gasteiger partial charge in [0, 0.05) is 18.7 Å². The molecule has 28 heavy (non-hydrogen) atoms. The van der Waals surface area contributed by atoms with E-state index >= 15 is 0 Å². The second-order valence-corrected chi connectivity index (χ2v) is 5.61. The van der Waals surface area contributed by atoms with Gasteiger partial charge in [-0.15, -0.1) is 0 Å². The Labute approximate surface area is 161 Å². The van der Waals surface area contributed by atoms with Crippen LogP contribution in [-0.4, -0.2) is 36.9 Å². The second kappa shape index (κ2) is 10.5. The van der Waals surface area contributed by atoms with Gasteiger partial charge < -0.3 is 19.8 Å². The molecule has 0 spiro atoms. The van der Waals surface area contributed by atoms with E-state index < -0.39 is 29.9 Å². The van der Waals surface area contributed by atoms with Gasteiger partial charge in [-0.25, -0.2) is 4.79 Å². The minimum absolute atomic E-state index is 0.00217. The number of ether oxygens (including phenoxy) is 1. The second-order valence-electron chi connectivity index (χ2n) is 5.61. The Hall–Kier alpha value is -3.62. The van der Waals surface area contributed by atoms with E-state index in [4.69, 9.17) is 9.15 Å². The summed E-state index contributed by atoms with van der Waals surface area (Å²) >= 11 is 0. The normalized spacial score (nSPS) is 11.2. The molecule has 0 saturated carbocycles. The van der Waals surface area contributed by atoms with Crippen LogP contribution in [0.2, 0.25) is 0 Å². The van der Waals surface area contributed by atoms with Crippen LogP contribution < -0.4 is 16.0 Å². The predicted octanol–water partition coefficient (Wildman–Crippen LogP) is 1.53. The van der Waals surface area contributed by atoms with E-state index in [2.05, 4.69) is 16.0 Å². The number of esters is 1. The zero-order valence-electron chi connectivity index (χ0n) is 15.3. The number of rotatable bonds is 8. The molecular formula is C19H21N3O6. The van der Waals surface area contributed by atoms with Crippen LogP contribution in [0.25, 0.3) is 0 Å². The van der Waals surface area contributed by atoms with Crippen LogP contribution in [0, 0.1) is 0 Å². The molecule has 0 radical (unpaired) electrons. The van der Waals surface area contributed by atoms with Crippen LogP contribution in [-0.2, 0) is 14.3 Å². The van der Waals surface area contributed by atoms with Crippen molar-refractivity contribution in [2.24, 2.45) is 0 Å². The Balaban J connectivity index is 1.93. The summed E-state index contributed by atoms with van der Waals surface area (Å²) < 4.78 is 10.2. The number of carbonyl (C=O) groups is 4. The van der Waals surface area contributed by atoms with Crippen LogP contribution in [0.15, 0.2) is 53.1 Å². The highest BCUT2D eigenvalue weighted by molar-refractivity contribution is 5.97. The molecule has 0 aliphatic carbocycles. The van der Waals surface area contributed by atoms with E-state index in [9.17, 15) is 19.2 Å². The zero-order valence-corrected chi connectivity index (χ0v) is 15.3. The molecule has 4 amide bonds. The molecule has 2 aromatic rings. The number of amides is 4. The molecule has 0 aliphatic heterocycles. The number of nitrogens with one attached hydrogen (secondary N) is 3. The Morgan fingerprint density at radius 1 is 1.04 bits per heavy atom. The van der Waals surface area contributed by atoms with Crippen LogP contribution in [0.1, 0.15) is 35.6 Å². The molecule has 1 aromatic heterocycles. The van der Waals surface area contributed by atoms with Gasteiger partial charge in [0.1, 0.15) is 0 Å². The molecule has 0 bridgehead atoms. The van der Waals surface area contributed by atoms with E-state index in [0.717, 1.165) is 0 Å². The average Bonchev–Trinajstić information content (AvgIpc) is 3.21. The summed E-state index contributed by atoms with van der Waals surface area (Å²) in [5, 5.41) is 7.07.